The van der Waals surface area contributed by atoms with E-state index in [1.807, 2.05) is 0 Å². The largest absolute Gasteiger partial charge is 0.315 e. The van der Waals surface area contributed by atoms with Crippen LogP contribution in [-0.4, -0.2) is 37.1 Å². The highest BCUT2D eigenvalue weighted by Gasteiger charge is 2.17. The Balaban J connectivity index is 1.91. The molecule has 1 saturated heterocycles. The second-order valence-corrected chi connectivity index (χ2v) is 4.67. The van der Waals surface area contributed by atoms with Gasteiger partial charge in [0.05, 0.1) is 0 Å². The van der Waals surface area contributed by atoms with Crippen LogP contribution in [0.4, 0.5) is 0 Å². The van der Waals surface area contributed by atoms with Gasteiger partial charge < -0.3 is 5.32 Å². The zero-order valence-corrected chi connectivity index (χ0v) is 9.73. The van der Waals surface area contributed by atoms with Crippen molar-refractivity contribution >= 4 is 9.24 Å². The highest BCUT2D eigenvalue weighted by molar-refractivity contribution is 7.22. The van der Waals surface area contributed by atoms with Gasteiger partial charge in [0.15, 0.2) is 0 Å². The number of hydrogen-bond acceptors (Lipinski definition) is 2. The molecule has 0 aromatic heterocycles. The standard InChI is InChI=1S/C11H19N2P/c14-11-4-2-10(3-5-11)13-8-1-6-12-7-9-13/h2,4-5,10,12H,1,3,6-9,14H2. The number of nitrogens with zero attached hydrogens (tertiary/aromatic N) is 1. The first kappa shape index (κ1) is 10.4. The Morgan fingerprint density at radius 1 is 1.36 bits per heavy atom. The third kappa shape index (κ3) is 2.66. The summed E-state index contributed by atoms with van der Waals surface area (Å²) in [6.45, 7) is 4.75. The number of allylic oxidation sites excluding steroid dienone is 2. The van der Waals surface area contributed by atoms with Gasteiger partial charge in [-0.3, -0.25) is 4.90 Å². The summed E-state index contributed by atoms with van der Waals surface area (Å²) in [6, 6.07) is 0.638. The maximum atomic E-state index is 3.44. The summed E-state index contributed by atoms with van der Waals surface area (Å²) in [6.07, 6.45) is 9.33. The molecule has 0 aromatic rings. The Kier molecular flexibility index (Phi) is 3.74. The maximum Gasteiger partial charge on any atom is 0.0316 e. The molecule has 2 unspecified atom stereocenters. The first-order valence-electron chi connectivity index (χ1n) is 5.45. The summed E-state index contributed by atoms with van der Waals surface area (Å²) < 4.78 is 0. The van der Waals surface area contributed by atoms with Gasteiger partial charge in [-0.25, -0.2) is 0 Å². The van der Waals surface area contributed by atoms with Gasteiger partial charge in [0.25, 0.3) is 0 Å². The fourth-order valence-corrected chi connectivity index (χ4v) is 2.34. The van der Waals surface area contributed by atoms with Crippen LogP contribution in [-0.2, 0) is 0 Å². The van der Waals surface area contributed by atoms with Crippen molar-refractivity contribution in [2.24, 2.45) is 0 Å². The van der Waals surface area contributed by atoms with E-state index in [1.165, 1.54) is 37.8 Å². The van der Waals surface area contributed by atoms with Gasteiger partial charge in [-0.15, -0.1) is 9.24 Å². The van der Waals surface area contributed by atoms with Gasteiger partial charge in [0, 0.05) is 19.1 Å². The summed E-state index contributed by atoms with van der Waals surface area (Å²) in [4.78, 5) is 2.59. The van der Waals surface area contributed by atoms with Gasteiger partial charge in [-0.2, -0.15) is 0 Å². The van der Waals surface area contributed by atoms with Gasteiger partial charge in [-0.05, 0) is 31.2 Å². The van der Waals surface area contributed by atoms with Crippen LogP contribution in [0.1, 0.15) is 12.8 Å². The van der Waals surface area contributed by atoms with E-state index < -0.39 is 0 Å². The molecule has 0 radical (unpaired) electrons. The summed E-state index contributed by atoms with van der Waals surface area (Å²) in [7, 11) is 2.76. The fraction of sp³-hybridized carbons (Fsp3) is 0.636. The van der Waals surface area contributed by atoms with Crippen LogP contribution in [0, 0.1) is 0 Å². The molecule has 0 spiro atoms. The first-order chi connectivity index (χ1) is 6.86. The van der Waals surface area contributed by atoms with E-state index in [4.69, 9.17) is 0 Å². The summed E-state index contributed by atoms with van der Waals surface area (Å²) in [5.41, 5.74) is 0. The second-order valence-electron chi connectivity index (χ2n) is 4.01. The Labute approximate surface area is 88.6 Å². The van der Waals surface area contributed by atoms with Crippen molar-refractivity contribution in [1.82, 2.24) is 10.2 Å². The molecule has 2 aliphatic rings. The number of hydrogen-bond donors (Lipinski definition) is 1. The molecular weight excluding hydrogens is 191 g/mol. The normalized spacial score (nSPS) is 29.8. The van der Waals surface area contributed by atoms with E-state index in [2.05, 4.69) is 37.7 Å². The van der Waals surface area contributed by atoms with Crippen LogP contribution in [0.25, 0.3) is 0 Å². The molecule has 2 rings (SSSR count). The van der Waals surface area contributed by atoms with Gasteiger partial charge in [0.2, 0.25) is 0 Å². The van der Waals surface area contributed by atoms with Crippen LogP contribution in [0.5, 0.6) is 0 Å². The van der Waals surface area contributed by atoms with Crippen molar-refractivity contribution < 1.29 is 0 Å². The van der Waals surface area contributed by atoms with Gasteiger partial charge >= 0.3 is 0 Å². The SMILES string of the molecule is PC1=CCC(N2CCCNCC2)C=C1. The molecule has 0 amide bonds. The summed E-state index contributed by atoms with van der Waals surface area (Å²) in [5, 5.41) is 4.77. The van der Waals surface area contributed by atoms with E-state index >= 15 is 0 Å². The van der Waals surface area contributed by atoms with Crippen molar-refractivity contribution in [3.63, 3.8) is 0 Å². The monoisotopic (exact) mass is 210 g/mol. The first-order valence-corrected chi connectivity index (χ1v) is 6.02. The Bertz CT molecular complexity index is 240. The van der Waals surface area contributed by atoms with Crippen molar-refractivity contribution in [3.05, 3.63) is 23.5 Å². The molecule has 1 aliphatic heterocycles. The lowest BCUT2D eigenvalue weighted by atomic mass is 10.1. The van der Waals surface area contributed by atoms with E-state index in [-0.39, 0.29) is 0 Å². The van der Waals surface area contributed by atoms with Gasteiger partial charge in [0.1, 0.15) is 0 Å². The number of rotatable bonds is 1. The zero-order chi connectivity index (χ0) is 9.80. The number of nitrogens with one attached hydrogen (secondary N) is 1. The zero-order valence-electron chi connectivity index (χ0n) is 8.58. The van der Waals surface area contributed by atoms with E-state index in [0.717, 1.165) is 6.54 Å². The van der Waals surface area contributed by atoms with Crippen molar-refractivity contribution in [2.75, 3.05) is 26.2 Å². The summed E-state index contributed by atoms with van der Waals surface area (Å²) >= 11 is 0. The lowest BCUT2D eigenvalue weighted by Crippen LogP contribution is -2.37. The molecule has 78 valence electrons. The van der Waals surface area contributed by atoms with E-state index in [9.17, 15) is 0 Å². The molecule has 14 heavy (non-hydrogen) atoms. The average molecular weight is 210 g/mol. The maximum absolute atomic E-state index is 3.44. The van der Waals surface area contributed by atoms with Crippen LogP contribution in [0.15, 0.2) is 23.5 Å². The molecule has 1 heterocycles. The predicted octanol–water partition coefficient (Wildman–Crippen LogP) is 1.37. The molecule has 0 saturated carbocycles. The topological polar surface area (TPSA) is 15.3 Å². The quantitative estimate of drug-likeness (QED) is 0.658. The van der Waals surface area contributed by atoms with Crippen LogP contribution in [0.2, 0.25) is 0 Å². The lowest BCUT2D eigenvalue weighted by molar-refractivity contribution is 0.244. The Morgan fingerprint density at radius 3 is 3.07 bits per heavy atom. The van der Waals surface area contributed by atoms with Crippen LogP contribution >= 0.6 is 9.24 Å². The Hall–Kier alpha value is -0.170. The summed E-state index contributed by atoms with van der Waals surface area (Å²) in [5.74, 6) is 0. The molecule has 2 atom stereocenters. The minimum atomic E-state index is 0.638. The second kappa shape index (κ2) is 5.06. The van der Waals surface area contributed by atoms with E-state index in [1.54, 1.807) is 0 Å². The average Bonchev–Trinajstić information content (AvgIpc) is 2.47. The van der Waals surface area contributed by atoms with Crippen molar-refractivity contribution in [3.8, 4) is 0 Å². The van der Waals surface area contributed by atoms with E-state index in [0.29, 0.717) is 6.04 Å². The smallest absolute Gasteiger partial charge is 0.0316 e. The van der Waals surface area contributed by atoms with Crippen molar-refractivity contribution in [2.45, 2.75) is 18.9 Å². The minimum Gasteiger partial charge on any atom is -0.315 e. The Morgan fingerprint density at radius 2 is 2.29 bits per heavy atom. The molecule has 3 heteroatoms. The predicted molar refractivity (Wildman–Crippen MR) is 64.4 cm³/mol. The highest BCUT2D eigenvalue weighted by atomic mass is 31.0. The lowest BCUT2D eigenvalue weighted by Gasteiger charge is -2.28. The van der Waals surface area contributed by atoms with Crippen molar-refractivity contribution in [1.29, 1.82) is 0 Å². The highest BCUT2D eigenvalue weighted by Crippen LogP contribution is 2.19. The minimum absolute atomic E-state index is 0.638. The third-order valence-electron chi connectivity index (χ3n) is 2.95. The molecule has 0 aromatic carbocycles. The molecule has 0 bridgehead atoms. The molecule has 1 aliphatic carbocycles. The molecule has 1 N–H and O–H groups in total. The van der Waals surface area contributed by atoms with Crippen LogP contribution in [0.3, 0.4) is 0 Å². The molecule has 2 nitrogen and oxygen atoms in total. The fourth-order valence-electron chi connectivity index (χ4n) is 2.09. The molecular formula is C11H19N2P. The van der Waals surface area contributed by atoms with Crippen LogP contribution < -0.4 is 5.32 Å². The van der Waals surface area contributed by atoms with Gasteiger partial charge in [-0.1, -0.05) is 18.2 Å². The third-order valence-corrected chi connectivity index (χ3v) is 3.38. The molecule has 1 fully saturated rings.